The van der Waals surface area contributed by atoms with Crippen LogP contribution in [0.2, 0.25) is 0 Å². The van der Waals surface area contributed by atoms with E-state index in [4.69, 9.17) is 4.74 Å². The normalized spacial score (nSPS) is 20.2. The van der Waals surface area contributed by atoms with Crippen LogP contribution in [0, 0.1) is 9.49 Å². The molecule has 2 aromatic rings. The van der Waals surface area contributed by atoms with Gasteiger partial charge in [-0.15, -0.1) is 0 Å². The van der Waals surface area contributed by atoms with Crippen molar-refractivity contribution in [2.75, 3.05) is 0 Å². The summed E-state index contributed by atoms with van der Waals surface area (Å²) in [5.74, 6) is -1.43. The first-order valence-electron chi connectivity index (χ1n) is 6.97. The standard InChI is InChI=1S/C16H13BrINO4/c1-2-10(15(20)21)16(22)11-6-9(18)3-4-13(11)23-14-12(16)5-8(17)7-19-14/h3-7,10,22H,2H2,1H3,(H,20,21). The Morgan fingerprint density at radius 2 is 2.17 bits per heavy atom. The van der Waals surface area contributed by atoms with Crippen LogP contribution < -0.4 is 4.74 Å². The SMILES string of the molecule is CCC(C(=O)O)C1(O)c2cc(I)ccc2Oc2ncc(Br)cc21. The Hall–Kier alpha value is -1.19. The van der Waals surface area contributed by atoms with E-state index in [0.717, 1.165) is 3.57 Å². The molecule has 0 aliphatic carbocycles. The Morgan fingerprint density at radius 3 is 2.83 bits per heavy atom. The highest BCUT2D eigenvalue weighted by Gasteiger charge is 2.50. The van der Waals surface area contributed by atoms with E-state index in [9.17, 15) is 15.0 Å². The summed E-state index contributed by atoms with van der Waals surface area (Å²) in [5.41, 5.74) is -0.900. The van der Waals surface area contributed by atoms with E-state index < -0.39 is 17.5 Å². The van der Waals surface area contributed by atoms with Gasteiger partial charge in [0.05, 0.1) is 11.5 Å². The van der Waals surface area contributed by atoms with E-state index >= 15 is 0 Å². The molecule has 0 radical (unpaired) electrons. The Balaban J connectivity index is 2.34. The highest BCUT2D eigenvalue weighted by molar-refractivity contribution is 14.1. The summed E-state index contributed by atoms with van der Waals surface area (Å²) < 4.78 is 7.30. The average Bonchev–Trinajstić information content (AvgIpc) is 2.49. The summed E-state index contributed by atoms with van der Waals surface area (Å²) in [7, 11) is 0. The Morgan fingerprint density at radius 1 is 1.43 bits per heavy atom. The zero-order valence-corrected chi connectivity index (χ0v) is 15.8. The van der Waals surface area contributed by atoms with Crippen LogP contribution in [0.5, 0.6) is 11.6 Å². The van der Waals surface area contributed by atoms with Crippen LogP contribution in [-0.4, -0.2) is 21.2 Å². The zero-order valence-electron chi connectivity index (χ0n) is 12.1. The first-order chi connectivity index (χ1) is 10.9. The van der Waals surface area contributed by atoms with Gasteiger partial charge in [-0.2, -0.15) is 0 Å². The summed E-state index contributed by atoms with van der Waals surface area (Å²) >= 11 is 5.45. The molecule has 23 heavy (non-hydrogen) atoms. The fourth-order valence-corrected chi connectivity index (χ4v) is 3.77. The van der Waals surface area contributed by atoms with Crippen molar-refractivity contribution in [1.29, 1.82) is 0 Å². The molecule has 1 aromatic heterocycles. The van der Waals surface area contributed by atoms with E-state index in [1.165, 1.54) is 0 Å². The van der Waals surface area contributed by atoms with Gasteiger partial charge < -0.3 is 14.9 Å². The van der Waals surface area contributed by atoms with Crippen molar-refractivity contribution in [2.24, 2.45) is 5.92 Å². The molecule has 3 rings (SSSR count). The van der Waals surface area contributed by atoms with Crippen LogP contribution in [0.25, 0.3) is 0 Å². The molecule has 2 N–H and O–H groups in total. The summed E-state index contributed by atoms with van der Waals surface area (Å²) in [5, 5.41) is 21.2. The Bertz CT molecular complexity index is 744. The monoisotopic (exact) mass is 489 g/mol. The lowest BCUT2D eigenvalue weighted by molar-refractivity contribution is -0.150. The number of halogens is 2. The van der Waals surface area contributed by atoms with Crippen LogP contribution in [-0.2, 0) is 10.4 Å². The maximum atomic E-state index is 11.8. The van der Waals surface area contributed by atoms with Crippen LogP contribution in [0.1, 0.15) is 24.5 Å². The number of benzene rings is 1. The van der Waals surface area contributed by atoms with Gasteiger partial charge in [0.1, 0.15) is 11.4 Å². The van der Waals surface area contributed by atoms with Gasteiger partial charge in [0.25, 0.3) is 0 Å². The van der Waals surface area contributed by atoms with Crippen LogP contribution in [0.3, 0.4) is 0 Å². The molecule has 5 nitrogen and oxygen atoms in total. The van der Waals surface area contributed by atoms with E-state index in [2.05, 4.69) is 43.5 Å². The first-order valence-corrected chi connectivity index (χ1v) is 8.84. The van der Waals surface area contributed by atoms with E-state index in [-0.39, 0.29) is 12.3 Å². The maximum absolute atomic E-state index is 11.8. The number of carboxylic acid groups (broad SMARTS) is 1. The lowest BCUT2D eigenvalue weighted by Gasteiger charge is -2.39. The largest absolute Gasteiger partial charge is 0.481 e. The van der Waals surface area contributed by atoms with Gasteiger partial charge in [-0.3, -0.25) is 4.79 Å². The van der Waals surface area contributed by atoms with Crippen molar-refractivity contribution in [2.45, 2.75) is 18.9 Å². The van der Waals surface area contributed by atoms with Gasteiger partial charge in [0, 0.05) is 19.8 Å². The maximum Gasteiger partial charge on any atom is 0.310 e. The number of carboxylic acids is 1. The molecule has 120 valence electrons. The van der Waals surface area contributed by atoms with Crippen molar-refractivity contribution < 1.29 is 19.7 Å². The van der Waals surface area contributed by atoms with E-state index in [1.54, 1.807) is 31.3 Å². The minimum atomic E-state index is -1.71. The predicted octanol–water partition coefficient (Wildman–Crippen LogP) is 3.90. The third-order valence-corrected chi connectivity index (χ3v) is 5.10. The lowest BCUT2D eigenvalue weighted by atomic mass is 9.74. The van der Waals surface area contributed by atoms with Gasteiger partial charge in [-0.05, 0) is 69.2 Å². The molecule has 1 aromatic carbocycles. The molecule has 0 amide bonds. The highest BCUT2D eigenvalue weighted by Crippen LogP contribution is 2.51. The molecule has 2 unspecified atom stereocenters. The second kappa shape index (κ2) is 6.03. The Labute approximate surface area is 155 Å². The summed E-state index contributed by atoms with van der Waals surface area (Å²) in [6.45, 7) is 1.74. The highest BCUT2D eigenvalue weighted by atomic mass is 127. The van der Waals surface area contributed by atoms with Crippen LogP contribution >= 0.6 is 38.5 Å². The number of nitrogens with zero attached hydrogens (tertiary/aromatic N) is 1. The minimum Gasteiger partial charge on any atom is -0.481 e. The number of hydrogen-bond acceptors (Lipinski definition) is 4. The molecule has 0 spiro atoms. The molecule has 0 bridgehead atoms. The fraction of sp³-hybridized carbons (Fsp3) is 0.250. The molecule has 1 aliphatic rings. The molecule has 0 saturated carbocycles. The van der Waals surface area contributed by atoms with Gasteiger partial charge >= 0.3 is 5.97 Å². The number of aliphatic hydroxyl groups is 1. The second-order valence-corrected chi connectivity index (χ2v) is 7.48. The first kappa shape index (κ1) is 16.7. The number of carbonyl (C=O) groups is 1. The number of ether oxygens (including phenoxy) is 1. The van der Waals surface area contributed by atoms with Crippen molar-refractivity contribution in [3.8, 4) is 11.6 Å². The molecule has 2 atom stereocenters. The molecule has 7 heteroatoms. The summed E-state index contributed by atoms with van der Waals surface area (Å²) in [6, 6.07) is 6.98. The van der Waals surface area contributed by atoms with Gasteiger partial charge in [-0.25, -0.2) is 4.98 Å². The summed E-state index contributed by atoms with van der Waals surface area (Å²) in [4.78, 5) is 16.0. The molecule has 0 fully saturated rings. The molecular weight excluding hydrogens is 477 g/mol. The Kier molecular flexibility index (Phi) is 4.37. The topological polar surface area (TPSA) is 79.7 Å². The number of fused-ring (bicyclic) bond motifs is 2. The molecule has 0 saturated heterocycles. The van der Waals surface area contributed by atoms with Gasteiger partial charge in [0.2, 0.25) is 5.88 Å². The molecular formula is C16H13BrINO4. The smallest absolute Gasteiger partial charge is 0.310 e. The van der Waals surface area contributed by atoms with Crippen molar-refractivity contribution in [1.82, 2.24) is 4.98 Å². The van der Waals surface area contributed by atoms with E-state index in [1.807, 2.05) is 6.07 Å². The molecule has 2 heterocycles. The molecule has 1 aliphatic heterocycles. The lowest BCUT2D eigenvalue weighted by Crippen LogP contribution is -2.43. The number of pyridine rings is 1. The predicted molar refractivity (Wildman–Crippen MR) is 95.6 cm³/mol. The third kappa shape index (κ3) is 2.64. The minimum absolute atomic E-state index is 0.226. The van der Waals surface area contributed by atoms with Crippen LogP contribution in [0.4, 0.5) is 0 Å². The quantitative estimate of drug-likeness (QED) is 0.639. The number of rotatable bonds is 3. The van der Waals surface area contributed by atoms with Crippen LogP contribution in [0.15, 0.2) is 34.9 Å². The van der Waals surface area contributed by atoms with Crippen molar-refractivity contribution >= 4 is 44.5 Å². The number of aliphatic carboxylic acids is 1. The average molecular weight is 490 g/mol. The zero-order chi connectivity index (χ0) is 16.8. The van der Waals surface area contributed by atoms with Gasteiger partial charge in [0.15, 0.2) is 0 Å². The number of aromatic nitrogens is 1. The number of hydrogen-bond donors (Lipinski definition) is 2. The van der Waals surface area contributed by atoms with E-state index in [0.29, 0.717) is 21.3 Å². The second-order valence-electron chi connectivity index (χ2n) is 5.31. The third-order valence-electron chi connectivity index (χ3n) is 4.00. The fourth-order valence-electron chi connectivity index (χ4n) is 2.94. The van der Waals surface area contributed by atoms with Gasteiger partial charge in [-0.1, -0.05) is 6.92 Å². The van der Waals surface area contributed by atoms with Crippen molar-refractivity contribution in [3.63, 3.8) is 0 Å². The summed E-state index contributed by atoms with van der Waals surface area (Å²) in [6.07, 6.45) is 1.82. The van der Waals surface area contributed by atoms with Crippen molar-refractivity contribution in [3.05, 3.63) is 49.6 Å².